The second-order valence-corrected chi connectivity index (χ2v) is 8.20. The number of nitrogens with one attached hydrogen (secondary N) is 2. The van der Waals surface area contributed by atoms with Crippen LogP contribution in [0.1, 0.15) is 28.9 Å². The molecule has 0 radical (unpaired) electrons. The predicted molar refractivity (Wildman–Crippen MR) is 120 cm³/mol. The summed E-state index contributed by atoms with van der Waals surface area (Å²) >= 11 is 9.43. The molecule has 0 aliphatic carbocycles. The molecular formula is C23H19BrClFN2O2. The van der Waals surface area contributed by atoms with E-state index in [1.165, 1.54) is 6.07 Å². The molecule has 1 aliphatic heterocycles. The molecule has 3 aromatic rings. The Labute approximate surface area is 187 Å². The lowest BCUT2D eigenvalue weighted by molar-refractivity contribution is 0.414. The fraction of sp³-hybridized carbons (Fsp3) is 0.130. The van der Waals surface area contributed by atoms with Gasteiger partial charge in [-0.05, 0) is 87.7 Å². The van der Waals surface area contributed by atoms with Crippen molar-refractivity contribution in [2.75, 3.05) is 7.11 Å². The van der Waals surface area contributed by atoms with Gasteiger partial charge in [-0.2, -0.15) is 0 Å². The second kappa shape index (κ2) is 8.68. The van der Waals surface area contributed by atoms with Gasteiger partial charge in [0.05, 0.1) is 17.6 Å². The van der Waals surface area contributed by atoms with Gasteiger partial charge in [0.15, 0.2) is 0 Å². The maximum atomic E-state index is 13.8. The van der Waals surface area contributed by atoms with Crippen molar-refractivity contribution >= 4 is 33.2 Å². The van der Waals surface area contributed by atoms with Gasteiger partial charge in [-0.1, -0.05) is 17.7 Å². The lowest BCUT2D eigenvalue weighted by Gasteiger charge is -2.33. The van der Waals surface area contributed by atoms with Gasteiger partial charge in [0.2, 0.25) is 0 Å². The Balaban J connectivity index is 1.77. The minimum atomic E-state index is -0.329. The minimum absolute atomic E-state index is 0.142. The summed E-state index contributed by atoms with van der Waals surface area (Å²) in [6.45, 7) is 0. The third-order valence-electron chi connectivity index (χ3n) is 4.98. The number of methoxy groups -OCH3 is 1. The maximum absolute atomic E-state index is 13.8. The van der Waals surface area contributed by atoms with E-state index in [4.69, 9.17) is 16.3 Å². The molecule has 2 atom stereocenters. The van der Waals surface area contributed by atoms with E-state index in [2.05, 4.69) is 26.6 Å². The Hall–Kier alpha value is -2.54. The lowest BCUT2D eigenvalue weighted by atomic mass is 9.98. The van der Waals surface area contributed by atoms with Crippen LogP contribution in [0.5, 0.6) is 11.5 Å². The number of benzene rings is 3. The SMILES string of the molecule is COc1ccc(C2=CC(c3cc(Cl)ccc3O)NC(c3ccc(F)c(Br)c3)N2)cc1. The van der Waals surface area contributed by atoms with Gasteiger partial charge in [-0.25, -0.2) is 4.39 Å². The van der Waals surface area contributed by atoms with Crippen molar-refractivity contribution in [1.82, 2.24) is 10.6 Å². The van der Waals surface area contributed by atoms with Crippen LogP contribution in [0.2, 0.25) is 5.02 Å². The Kier molecular flexibility index (Phi) is 5.99. The Morgan fingerprint density at radius 1 is 1.07 bits per heavy atom. The molecule has 3 aromatic carbocycles. The number of phenolic OH excluding ortho intramolecular Hbond substituents is 1. The molecule has 0 aromatic heterocycles. The summed E-state index contributed by atoms with van der Waals surface area (Å²) in [4.78, 5) is 0. The molecule has 7 heteroatoms. The minimum Gasteiger partial charge on any atom is -0.508 e. The van der Waals surface area contributed by atoms with Gasteiger partial charge in [0.1, 0.15) is 23.5 Å². The van der Waals surface area contributed by atoms with E-state index >= 15 is 0 Å². The molecule has 0 fully saturated rings. The topological polar surface area (TPSA) is 53.5 Å². The van der Waals surface area contributed by atoms with Crippen molar-refractivity contribution in [2.24, 2.45) is 0 Å². The van der Waals surface area contributed by atoms with Crippen LogP contribution in [0.3, 0.4) is 0 Å². The van der Waals surface area contributed by atoms with Crippen LogP contribution < -0.4 is 15.4 Å². The Morgan fingerprint density at radius 2 is 1.83 bits per heavy atom. The molecule has 154 valence electrons. The zero-order valence-corrected chi connectivity index (χ0v) is 18.3. The van der Waals surface area contributed by atoms with E-state index in [-0.39, 0.29) is 23.8 Å². The highest BCUT2D eigenvalue weighted by molar-refractivity contribution is 9.10. The van der Waals surface area contributed by atoms with Crippen LogP contribution in [-0.2, 0) is 0 Å². The molecule has 30 heavy (non-hydrogen) atoms. The maximum Gasteiger partial charge on any atom is 0.137 e. The summed E-state index contributed by atoms with van der Waals surface area (Å²) in [5, 5.41) is 17.9. The molecule has 4 nitrogen and oxygen atoms in total. The standard InChI is InChI=1S/C23H19BrClFN2O2/c1-30-16-6-2-13(3-7-16)20-12-21(17-11-15(25)5-9-22(17)29)28-23(27-20)14-4-8-19(26)18(24)10-14/h2-12,21,23,27-29H,1H3. The van der Waals surface area contributed by atoms with Crippen LogP contribution in [-0.4, -0.2) is 12.2 Å². The molecule has 0 spiro atoms. The molecular weight excluding hydrogens is 471 g/mol. The number of phenols is 1. The van der Waals surface area contributed by atoms with Crippen molar-refractivity contribution < 1.29 is 14.2 Å². The van der Waals surface area contributed by atoms with Crippen LogP contribution in [0.4, 0.5) is 4.39 Å². The Morgan fingerprint density at radius 3 is 2.53 bits per heavy atom. The van der Waals surface area contributed by atoms with Gasteiger partial charge in [0, 0.05) is 16.3 Å². The van der Waals surface area contributed by atoms with Crippen molar-refractivity contribution in [1.29, 1.82) is 0 Å². The molecule has 0 saturated heterocycles. The number of halogens is 3. The van der Waals surface area contributed by atoms with Gasteiger partial charge < -0.3 is 15.2 Å². The average Bonchev–Trinajstić information content (AvgIpc) is 2.77. The van der Waals surface area contributed by atoms with Gasteiger partial charge in [-0.15, -0.1) is 0 Å². The summed E-state index contributed by atoms with van der Waals surface area (Å²) in [6.07, 6.45) is 1.66. The first-order valence-corrected chi connectivity index (χ1v) is 10.4. The third-order valence-corrected chi connectivity index (χ3v) is 5.82. The van der Waals surface area contributed by atoms with Crippen LogP contribution in [0, 0.1) is 5.82 Å². The van der Waals surface area contributed by atoms with E-state index in [9.17, 15) is 9.50 Å². The van der Waals surface area contributed by atoms with Crippen molar-refractivity contribution in [3.8, 4) is 11.5 Å². The molecule has 1 aliphatic rings. The lowest BCUT2D eigenvalue weighted by Crippen LogP contribution is -2.39. The first-order chi connectivity index (χ1) is 14.4. The smallest absolute Gasteiger partial charge is 0.137 e. The number of aromatic hydroxyl groups is 1. The third kappa shape index (κ3) is 4.31. The fourth-order valence-electron chi connectivity index (χ4n) is 3.42. The van der Waals surface area contributed by atoms with Crippen LogP contribution >= 0.6 is 27.5 Å². The van der Waals surface area contributed by atoms with Gasteiger partial charge in [-0.3, -0.25) is 5.32 Å². The highest BCUT2D eigenvalue weighted by Crippen LogP contribution is 2.35. The quantitative estimate of drug-likeness (QED) is 0.425. The summed E-state index contributed by atoms with van der Waals surface area (Å²) in [5.74, 6) is 0.573. The number of ether oxygens (including phenoxy) is 1. The zero-order valence-electron chi connectivity index (χ0n) is 16.0. The van der Waals surface area contributed by atoms with Gasteiger partial charge in [0.25, 0.3) is 0 Å². The normalized spacial score (nSPS) is 18.5. The molecule has 2 unspecified atom stereocenters. The zero-order chi connectivity index (χ0) is 21.3. The van der Waals surface area contributed by atoms with Crippen LogP contribution in [0.15, 0.2) is 71.2 Å². The molecule has 4 rings (SSSR count). The largest absolute Gasteiger partial charge is 0.508 e. The summed E-state index contributed by atoms with van der Waals surface area (Å²) < 4.78 is 19.4. The monoisotopic (exact) mass is 488 g/mol. The molecule has 0 saturated carbocycles. The molecule has 1 heterocycles. The average molecular weight is 490 g/mol. The van der Waals surface area contributed by atoms with E-state index in [0.29, 0.717) is 15.1 Å². The fourth-order valence-corrected chi connectivity index (χ4v) is 3.99. The van der Waals surface area contributed by atoms with E-state index in [0.717, 1.165) is 22.6 Å². The predicted octanol–water partition coefficient (Wildman–Crippen LogP) is 5.93. The first kappa shape index (κ1) is 20.7. The number of hydrogen-bond donors (Lipinski definition) is 3. The summed E-state index contributed by atoms with van der Waals surface area (Å²) in [6, 6.07) is 17.2. The van der Waals surface area contributed by atoms with Crippen molar-refractivity contribution in [2.45, 2.75) is 12.2 Å². The molecule has 0 amide bonds. The van der Waals surface area contributed by atoms with Gasteiger partial charge >= 0.3 is 0 Å². The number of hydrogen-bond acceptors (Lipinski definition) is 4. The summed E-state index contributed by atoms with van der Waals surface area (Å²) in [7, 11) is 1.62. The summed E-state index contributed by atoms with van der Waals surface area (Å²) in [5.41, 5.74) is 3.32. The molecule has 3 N–H and O–H groups in total. The van der Waals surface area contributed by atoms with E-state index in [1.807, 2.05) is 30.3 Å². The highest BCUT2D eigenvalue weighted by atomic mass is 79.9. The van der Waals surface area contributed by atoms with E-state index in [1.54, 1.807) is 37.4 Å². The van der Waals surface area contributed by atoms with E-state index < -0.39 is 0 Å². The Bertz CT molecular complexity index is 1100. The van der Waals surface area contributed by atoms with Crippen molar-refractivity contribution in [3.63, 3.8) is 0 Å². The molecule has 0 bridgehead atoms. The second-order valence-electron chi connectivity index (χ2n) is 6.91. The highest BCUT2D eigenvalue weighted by Gasteiger charge is 2.26. The van der Waals surface area contributed by atoms with Crippen molar-refractivity contribution in [3.05, 3.63) is 98.7 Å². The first-order valence-electron chi connectivity index (χ1n) is 9.27. The van der Waals surface area contributed by atoms with Crippen LogP contribution in [0.25, 0.3) is 5.70 Å². The number of rotatable bonds is 4.